The van der Waals surface area contributed by atoms with Crippen LogP contribution in [0.3, 0.4) is 0 Å². The second kappa shape index (κ2) is 11.0. The molecule has 0 fully saturated rings. The normalized spacial score (nSPS) is 12.1. The highest BCUT2D eigenvalue weighted by atomic mass is 35.5. The minimum atomic E-state index is -2.17. The molecule has 0 bridgehead atoms. The van der Waals surface area contributed by atoms with Crippen molar-refractivity contribution in [3.63, 3.8) is 0 Å². The number of nitrogens with one attached hydrogen (secondary N) is 2. The van der Waals surface area contributed by atoms with Crippen molar-refractivity contribution in [3.05, 3.63) is 80.6 Å². The van der Waals surface area contributed by atoms with Crippen LogP contribution in [-0.4, -0.2) is 23.1 Å². The summed E-state index contributed by atoms with van der Waals surface area (Å²) in [4.78, 5) is 28.6. The summed E-state index contributed by atoms with van der Waals surface area (Å²) in [6.07, 6.45) is 2.67. The van der Waals surface area contributed by atoms with E-state index in [0.717, 1.165) is 11.1 Å². The van der Waals surface area contributed by atoms with Gasteiger partial charge in [-0.05, 0) is 69.0 Å². The molecule has 2 aromatic carbocycles. The third-order valence-corrected chi connectivity index (χ3v) is 6.05. The summed E-state index contributed by atoms with van der Waals surface area (Å²) in [5.41, 5.74) is 1.62. The zero-order chi connectivity index (χ0) is 24.0. The summed E-state index contributed by atoms with van der Waals surface area (Å²) in [7, 11) is -2.17. The van der Waals surface area contributed by atoms with Crippen LogP contribution in [0.25, 0.3) is 10.9 Å². The van der Waals surface area contributed by atoms with Crippen molar-refractivity contribution in [2.24, 2.45) is 0 Å². The van der Waals surface area contributed by atoms with Gasteiger partial charge in [-0.25, -0.2) is 0 Å². The molecule has 3 rings (SSSR count). The van der Waals surface area contributed by atoms with Crippen LogP contribution in [-0.2, 0) is 26.6 Å². The Morgan fingerprint density at radius 1 is 1.12 bits per heavy atom. The number of pyridine rings is 1. The van der Waals surface area contributed by atoms with Crippen LogP contribution in [0.5, 0.6) is 0 Å². The van der Waals surface area contributed by atoms with Crippen molar-refractivity contribution in [1.29, 1.82) is 0 Å². The largest absolute Gasteiger partial charge is 0.697 e. The number of carbonyl (C=O) groups excluding carboxylic acids is 1. The zero-order valence-corrected chi connectivity index (χ0v) is 20.5. The topological polar surface area (TPSA) is 97.5 Å². The number of carbonyl (C=O) groups is 1. The number of hydrogen-bond donors (Lipinski definition) is 2. The summed E-state index contributed by atoms with van der Waals surface area (Å²) in [6.45, 7) is 5.98. The van der Waals surface area contributed by atoms with Crippen molar-refractivity contribution in [1.82, 2.24) is 10.3 Å². The average molecular weight is 490 g/mol. The zero-order valence-electron chi connectivity index (χ0n) is 18.8. The summed E-state index contributed by atoms with van der Waals surface area (Å²) < 4.78 is 22.2. The van der Waals surface area contributed by atoms with Crippen LogP contribution >= 0.6 is 19.9 Å². The van der Waals surface area contributed by atoms with Gasteiger partial charge in [-0.2, -0.15) is 0 Å². The van der Waals surface area contributed by atoms with Gasteiger partial charge in [-0.15, -0.1) is 9.05 Å². The van der Waals surface area contributed by atoms with E-state index in [0.29, 0.717) is 28.8 Å². The molecule has 0 aliphatic heterocycles. The molecule has 7 nitrogen and oxygen atoms in total. The maximum Gasteiger partial charge on any atom is 0.697 e. The van der Waals surface area contributed by atoms with Gasteiger partial charge in [0.25, 0.3) is 5.91 Å². The maximum atomic E-state index is 13.0. The van der Waals surface area contributed by atoms with Crippen LogP contribution in [0.1, 0.15) is 48.7 Å². The molecule has 1 atom stereocenters. The number of benzene rings is 2. The minimum absolute atomic E-state index is 0.0493. The first-order valence-corrected chi connectivity index (χ1v) is 12.1. The van der Waals surface area contributed by atoms with Crippen LogP contribution in [0, 0.1) is 0 Å². The minimum Gasteiger partial charge on any atom is -0.360 e. The lowest BCUT2D eigenvalue weighted by atomic mass is 10.0. The van der Waals surface area contributed by atoms with Gasteiger partial charge in [0.15, 0.2) is 0 Å². The molecule has 0 radical (unpaired) electrons. The summed E-state index contributed by atoms with van der Waals surface area (Å²) >= 11 is 5.88. The summed E-state index contributed by atoms with van der Waals surface area (Å²) in [5.74, 6) is -0.449. The van der Waals surface area contributed by atoms with E-state index in [1.165, 1.54) is 6.20 Å². The molecular weight excluding hydrogens is 463 g/mol. The molecule has 0 aliphatic rings. The molecule has 1 heterocycles. The number of amides is 1. The van der Waals surface area contributed by atoms with Gasteiger partial charge in [-0.1, -0.05) is 29.8 Å². The molecule has 9 heteroatoms. The number of hydrogen-bond acceptors (Lipinski definition) is 5. The first kappa shape index (κ1) is 25.1. The molecule has 3 aromatic rings. The van der Waals surface area contributed by atoms with Crippen LogP contribution in [0.2, 0.25) is 5.02 Å². The first-order chi connectivity index (χ1) is 15.6. The van der Waals surface area contributed by atoms with E-state index in [4.69, 9.17) is 20.6 Å². The lowest BCUT2D eigenvalue weighted by molar-refractivity contribution is 0.0949. The Bertz CT molecular complexity index is 1200. The molecule has 2 N–H and O–H groups in total. The molecule has 0 saturated heterocycles. The fourth-order valence-electron chi connectivity index (χ4n) is 3.14. The average Bonchev–Trinajstić information content (AvgIpc) is 2.75. The number of aromatic amines is 1. The third-order valence-electron chi connectivity index (χ3n) is 4.71. The van der Waals surface area contributed by atoms with Gasteiger partial charge < -0.3 is 10.3 Å². The number of fused-ring (bicyclic) bond motifs is 1. The quantitative estimate of drug-likeness (QED) is 0.304. The summed E-state index contributed by atoms with van der Waals surface area (Å²) in [5, 5.41) is 3.82. The Morgan fingerprint density at radius 2 is 1.82 bits per heavy atom. The van der Waals surface area contributed by atoms with E-state index in [1.807, 2.05) is 45.0 Å². The maximum absolute atomic E-state index is 13.0. The standard InChI is InChI=1S/C24H26ClN2O5P/c1-24(2,3)32-33(30)31-12-4-5-16-8-11-21-19(13-16)22(28)20(15-26-21)23(29)27-14-17-6-9-18(25)10-7-17/h6-11,13,15H,4-5,12,14H2,1-3H3,(H-,26,27,28,29)/p+1. The number of H-pyrrole nitrogens is 1. The van der Waals surface area contributed by atoms with Crippen molar-refractivity contribution >= 4 is 36.7 Å². The van der Waals surface area contributed by atoms with E-state index in [1.54, 1.807) is 18.2 Å². The van der Waals surface area contributed by atoms with Crippen LogP contribution in [0.15, 0.2) is 53.5 Å². The molecule has 1 amide bonds. The van der Waals surface area contributed by atoms with E-state index < -0.39 is 19.8 Å². The highest BCUT2D eigenvalue weighted by molar-refractivity contribution is 7.33. The summed E-state index contributed by atoms with van der Waals surface area (Å²) in [6, 6.07) is 12.6. The molecule has 33 heavy (non-hydrogen) atoms. The number of aryl methyl sites for hydroxylation is 1. The van der Waals surface area contributed by atoms with E-state index >= 15 is 0 Å². The van der Waals surface area contributed by atoms with Crippen molar-refractivity contribution in [2.45, 2.75) is 45.8 Å². The predicted molar refractivity (Wildman–Crippen MR) is 130 cm³/mol. The van der Waals surface area contributed by atoms with Crippen LogP contribution in [0.4, 0.5) is 0 Å². The smallest absolute Gasteiger partial charge is 0.360 e. The fourth-order valence-corrected chi connectivity index (χ4v) is 4.04. The lowest BCUT2D eigenvalue weighted by Crippen LogP contribution is -2.28. The number of halogens is 1. The molecule has 1 aromatic heterocycles. The highest BCUT2D eigenvalue weighted by Gasteiger charge is 2.29. The second-order valence-electron chi connectivity index (χ2n) is 8.58. The fraction of sp³-hybridized carbons (Fsp3) is 0.333. The van der Waals surface area contributed by atoms with Gasteiger partial charge in [0.2, 0.25) is 5.43 Å². The Balaban J connectivity index is 1.63. The lowest BCUT2D eigenvalue weighted by Gasteiger charge is -2.08. The van der Waals surface area contributed by atoms with Crippen molar-refractivity contribution in [3.8, 4) is 0 Å². The Hall–Kier alpha value is -2.57. The van der Waals surface area contributed by atoms with E-state index in [-0.39, 0.29) is 24.1 Å². The van der Waals surface area contributed by atoms with E-state index in [9.17, 15) is 14.2 Å². The molecule has 1 unspecified atom stereocenters. The molecule has 0 saturated carbocycles. The third kappa shape index (κ3) is 7.47. The predicted octanol–water partition coefficient (Wildman–Crippen LogP) is 5.53. The van der Waals surface area contributed by atoms with Crippen molar-refractivity contribution in [2.75, 3.05) is 6.61 Å². The van der Waals surface area contributed by atoms with E-state index in [2.05, 4.69) is 10.3 Å². The van der Waals surface area contributed by atoms with Crippen LogP contribution < -0.4 is 10.7 Å². The Morgan fingerprint density at radius 3 is 2.52 bits per heavy atom. The number of rotatable bonds is 9. The van der Waals surface area contributed by atoms with Gasteiger partial charge in [-0.3, -0.25) is 9.59 Å². The molecular formula is C24H27ClN2O5P+. The molecule has 0 spiro atoms. The van der Waals surface area contributed by atoms with Gasteiger partial charge in [0.05, 0.1) is 0 Å². The SMILES string of the molecule is CC(C)(C)O[P+](=O)OCCCc1ccc2[nH]cc(C(=O)NCc3ccc(Cl)cc3)c(=O)c2c1. The van der Waals surface area contributed by atoms with Gasteiger partial charge >= 0.3 is 8.25 Å². The van der Waals surface area contributed by atoms with Crippen molar-refractivity contribution < 1.29 is 18.4 Å². The first-order valence-electron chi connectivity index (χ1n) is 10.6. The second-order valence-corrected chi connectivity index (χ2v) is 9.91. The van der Waals surface area contributed by atoms with Gasteiger partial charge in [0, 0.05) is 33.2 Å². The highest BCUT2D eigenvalue weighted by Crippen LogP contribution is 2.31. The van der Waals surface area contributed by atoms with Gasteiger partial charge in [0.1, 0.15) is 17.8 Å². The number of aromatic nitrogens is 1. The Kier molecular flexibility index (Phi) is 8.38. The monoisotopic (exact) mass is 489 g/mol. The molecule has 0 aliphatic carbocycles. The Labute approximate surface area is 198 Å². The molecule has 174 valence electrons.